The van der Waals surface area contributed by atoms with Crippen molar-refractivity contribution in [2.45, 2.75) is 25.4 Å². The predicted octanol–water partition coefficient (Wildman–Crippen LogP) is 2.41. The number of nitrogens with zero attached hydrogens (tertiary/aromatic N) is 2. The van der Waals surface area contributed by atoms with Crippen molar-refractivity contribution >= 4 is 17.4 Å². The van der Waals surface area contributed by atoms with Crippen molar-refractivity contribution < 1.29 is 14.7 Å². The van der Waals surface area contributed by atoms with Gasteiger partial charge < -0.3 is 10.0 Å². The van der Waals surface area contributed by atoms with Crippen LogP contribution < -0.4 is 4.90 Å². The van der Waals surface area contributed by atoms with Gasteiger partial charge in [0.1, 0.15) is 6.17 Å². The molecule has 24 heavy (non-hydrogen) atoms. The third-order valence-corrected chi connectivity index (χ3v) is 5.16. The number of benzene rings is 1. The fourth-order valence-electron chi connectivity index (χ4n) is 4.08. The molecule has 0 radical (unpaired) electrons. The van der Waals surface area contributed by atoms with Crippen molar-refractivity contribution in [1.82, 2.24) is 4.90 Å². The minimum atomic E-state index is -0.763. The summed E-state index contributed by atoms with van der Waals surface area (Å²) in [4.78, 5) is 28.5. The molecule has 1 saturated heterocycles. The van der Waals surface area contributed by atoms with Crippen molar-refractivity contribution in [3.8, 4) is 0 Å². The van der Waals surface area contributed by atoms with Crippen LogP contribution in [-0.2, 0) is 9.59 Å². The molecule has 0 aromatic heterocycles. The zero-order valence-electron chi connectivity index (χ0n) is 13.4. The zero-order chi connectivity index (χ0) is 16.7. The summed E-state index contributed by atoms with van der Waals surface area (Å²) in [6.45, 7) is 1.38. The van der Waals surface area contributed by atoms with Crippen molar-refractivity contribution in [1.29, 1.82) is 0 Å². The molecule has 1 aromatic carbocycles. The smallest absolute Gasteiger partial charge is 0.310 e. The number of fused-ring (bicyclic) bond motifs is 1. The molecule has 4 rings (SSSR count). The summed E-state index contributed by atoms with van der Waals surface area (Å²) in [5.41, 5.74) is 2.61. The topological polar surface area (TPSA) is 60.9 Å². The number of anilines is 1. The van der Waals surface area contributed by atoms with E-state index in [0.717, 1.165) is 29.9 Å². The highest BCUT2D eigenvalue weighted by atomic mass is 16.4. The number of carboxylic acid groups (broad SMARTS) is 1. The van der Waals surface area contributed by atoms with Crippen LogP contribution in [0.25, 0.3) is 0 Å². The fraction of sp³-hybridized carbons (Fsp3) is 0.368. The second kappa shape index (κ2) is 5.91. The maximum atomic E-state index is 12.4. The van der Waals surface area contributed by atoms with Crippen LogP contribution in [0.4, 0.5) is 5.69 Å². The highest BCUT2D eigenvalue weighted by Gasteiger charge is 2.45. The average molecular weight is 324 g/mol. The number of aliphatic carboxylic acids is 1. The van der Waals surface area contributed by atoms with Gasteiger partial charge in [0.05, 0.1) is 11.6 Å². The maximum absolute atomic E-state index is 12.4. The van der Waals surface area contributed by atoms with Gasteiger partial charge in [-0.2, -0.15) is 0 Å². The second-order valence-electron chi connectivity index (χ2n) is 6.57. The van der Waals surface area contributed by atoms with E-state index in [1.807, 2.05) is 42.5 Å². The summed E-state index contributed by atoms with van der Waals surface area (Å²) in [5.74, 6) is -1.08. The molecule has 2 heterocycles. The van der Waals surface area contributed by atoms with Crippen molar-refractivity contribution in [2.24, 2.45) is 5.92 Å². The third kappa shape index (κ3) is 2.36. The van der Waals surface area contributed by atoms with E-state index in [4.69, 9.17) is 0 Å². The molecule has 5 heteroatoms. The number of rotatable bonds is 2. The van der Waals surface area contributed by atoms with Crippen molar-refractivity contribution in [3.05, 3.63) is 53.8 Å². The summed E-state index contributed by atoms with van der Waals surface area (Å²) in [7, 11) is 0. The van der Waals surface area contributed by atoms with Gasteiger partial charge in [-0.1, -0.05) is 24.3 Å². The summed E-state index contributed by atoms with van der Waals surface area (Å²) in [5, 5.41) is 9.74. The van der Waals surface area contributed by atoms with Crippen LogP contribution >= 0.6 is 0 Å². The lowest BCUT2D eigenvalue weighted by atomic mass is 9.87. The number of carbonyl (C=O) groups excluding carboxylic acids is 1. The molecule has 1 fully saturated rings. The van der Waals surface area contributed by atoms with Gasteiger partial charge in [-0.15, -0.1) is 0 Å². The van der Waals surface area contributed by atoms with E-state index in [1.54, 1.807) is 0 Å². The number of ketones is 1. The SMILES string of the molecule is O=C1CC=CC2=C1CN1CCCC(C(=O)O)C1N2c1ccccc1. The maximum Gasteiger partial charge on any atom is 0.310 e. The molecule has 0 saturated carbocycles. The van der Waals surface area contributed by atoms with Gasteiger partial charge >= 0.3 is 5.97 Å². The molecule has 2 atom stereocenters. The van der Waals surface area contributed by atoms with Crippen molar-refractivity contribution in [2.75, 3.05) is 18.0 Å². The van der Waals surface area contributed by atoms with Gasteiger partial charge in [0, 0.05) is 30.8 Å². The first-order valence-corrected chi connectivity index (χ1v) is 8.41. The molecule has 0 spiro atoms. The van der Waals surface area contributed by atoms with E-state index in [2.05, 4.69) is 9.80 Å². The van der Waals surface area contributed by atoms with Gasteiger partial charge in [0.25, 0.3) is 0 Å². The Balaban J connectivity index is 1.87. The Morgan fingerprint density at radius 2 is 2.00 bits per heavy atom. The quantitative estimate of drug-likeness (QED) is 0.905. The number of allylic oxidation sites excluding steroid dienone is 2. The summed E-state index contributed by atoms with van der Waals surface area (Å²) in [6.07, 6.45) is 5.57. The normalized spacial score (nSPS) is 27.0. The van der Waals surface area contributed by atoms with Gasteiger partial charge in [-0.25, -0.2) is 0 Å². The van der Waals surface area contributed by atoms with Crippen LogP contribution in [0.3, 0.4) is 0 Å². The van der Waals surface area contributed by atoms with E-state index >= 15 is 0 Å². The monoisotopic (exact) mass is 324 g/mol. The minimum Gasteiger partial charge on any atom is -0.481 e. The molecular weight excluding hydrogens is 304 g/mol. The molecule has 0 amide bonds. The molecule has 1 aromatic rings. The number of para-hydroxylation sites is 1. The van der Waals surface area contributed by atoms with Crippen LogP contribution in [-0.4, -0.2) is 41.0 Å². The standard InChI is InChI=1S/C19H20N2O3/c22-17-10-4-9-16-15(17)12-20-11-5-8-14(19(23)24)18(20)21(16)13-6-2-1-3-7-13/h1-4,6-7,9,14,18H,5,8,10-12H2,(H,23,24). The molecule has 2 aliphatic heterocycles. The lowest BCUT2D eigenvalue weighted by Crippen LogP contribution is -2.61. The van der Waals surface area contributed by atoms with Crippen LogP contribution in [0.15, 0.2) is 53.8 Å². The number of hydrogen-bond donors (Lipinski definition) is 1. The Labute approximate surface area is 140 Å². The zero-order valence-corrected chi connectivity index (χ0v) is 13.4. The minimum absolute atomic E-state index is 0.143. The van der Waals surface area contributed by atoms with E-state index < -0.39 is 11.9 Å². The van der Waals surface area contributed by atoms with Crippen LogP contribution in [0.5, 0.6) is 0 Å². The molecule has 0 bridgehead atoms. The van der Waals surface area contributed by atoms with Gasteiger partial charge in [-0.3, -0.25) is 14.5 Å². The molecule has 1 aliphatic carbocycles. The Morgan fingerprint density at radius 1 is 1.21 bits per heavy atom. The molecular formula is C19H20N2O3. The Hall–Kier alpha value is -2.40. The summed E-state index contributed by atoms with van der Waals surface area (Å²) in [6, 6.07) is 9.80. The molecule has 2 unspecified atom stereocenters. The third-order valence-electron chi connectivity index (χ3n) is 5.16. The second-order valence-corrected chi connectivity index (χ2v) is 6.57. The van der Waals surface area contributed by atoms with E-state index in [1.165, 1.54) is 0 Å². The van der Waals surface area contributed by atoms with Crippen LogP contribution in [0.1, 0.15) is 19.3 Å². The lowest BCUT2D eigenvalue weighted by molar-refractivity contribution is -0.146. The highest BCUT2D eigenvalue weighted by molar-refractivity contribution is 6.00. The first kappa shape index (κ1) is 15.1. The number of carbonyl (C=O) groups is 2. The molecule has 3 aliphatic rings. The summed E-state index contributed by atoms with van der Waals surface area (Å²) < 4.78 is 0. The highest BCUT2D eigenvalue weighted by Crippen LogP contribution is 2.39. The van der Waals surface area contributed by atoms with Crippen LogP contribution in [0.2, 0.25) is 0 Å². The van der Waals surface area contributed by atoms with Gasteiger partial charge in [0.2, 0.25) is 0 Å². The van der Waals surface area contributed by atoms with E-state index in [-0.39, 0.29) is 11.9 Å². The predicted molar refractivity (Wildman–Crippen MR) is 90.4 cm³/mol. The van der Waals surface area contributed by atoms with E-state index in [9.17, 15) is 14.7 Å². The van der Waals surface area contributed by atoms with Crippen molar-refractivity contribution in [3.63, 3.8) is 0 Å². The lowest BCUT2D eigenvalue weighted by Gasteiger charge is -2.51. The van der Waals surface area contributed by atoms with Crippen LogP contribution in [0, 0.1) is 5.92 Å². The molecule has 1 N–H and O–H groups in total. The number of carboxylic acids is 1. The first-order valence-electron chi connectivity index (χ1n) is 8.41. The molecule has 124 valence electrons. The Bertz CT molecular complexity index is 738. The number of piperidine rings is 1. The Kier molecular flexibility index (Phi) is 3.73. The summed E-state index contributed by atoms with van der Waals surface area (Å²) >= 11 is 0. The average Bonchev–Trinajstić information content (AvgIpc) is 2.60. The van der Waals surface area contributed by atoms with Gasteiger partial charge in [-0.05, 0) is 31.1 Å². The first-order chi connectivity index (χ1) is 11.7. The number of Topliss-reactive ketones (excluding diaryl/α,β-unsaturated/α-hetero) is 1. The van der Waals surface area contributed by atoms with E-state index in [0.29, 0.717) is 19.4 Å². The Morgan fingerprint density at radius 3 is 2.75 bits per heavy atom. The largest absolute Gasteiger partial charge is 0.481 e. The fourth-order valence-corrected chi connectivity index (χ4v) is 4.08. The number of hydrogen-bond acceptors (Lipinski definition) is 4. The molecule has 5 nitrogen and oxygen atoms in total. The van der Waals surface area contributed by atoms with Gasteiger partial charge in [0.15, 0.2) is 5.78 Å².